The predicted molar refractivity (Wildman–Crippen MR) is 85.2 cm³/mol. The van der Waals surface area contributed by atoms with E-state index in [0.717, 1.165) is 25.6 Å². The number of benzene rings is 1. The number of aromatic nitrogens is 2. The van der Waals surface area contributed by atoms with Crippen LogP contribution in [-0.4, -0.2) is 41.0 Å². The molecule has 1 aromatic heterocycles. The van der Waals surface area contributed by atoms with Gasteiger partial charge in [-0.2, -0.15) is 0 Å². The summed E-state index contributed by atoms with van der Waals surface area (Å²) in [6, 6.07) is 13.2. The third-order valence-corrected chi connectivity index (χ3v) is 4.20. The summed E-state index contributed by atoms with van der Waals surface area (Å²) in [5.41, 5.74) is 1.38. The molecule has 4 heteroatoms. The van der Waals surface area contributed by atoms with Crippen LogP contribution in [0.5, 0.6) is 0 Å². The summed E-state index contributed by atoms with van der Waals surface area (Å²) < 4.78 is 0. The fourth-order valence-corrected chi connectivity index (χ4v) is 2.96. The van der Waals surface area contributed by atoms with E-state index in [-0.39, 0.29) is 0 Å². The Bertz CT molecular complexity index is 535. The maximum absolute atomic E-state index is 4.34. The van der Waals surface area contributed by atoms with Crippen molar-refractivity contribution >= 4 is 5.95 Å². The first-order valence-corrected chi connectivity index (χ1v) is 7.59. The zero-order valence-electron chi connectivity index (χ0n) is 12.5. The van der Waals surface area contributed by atoms with E-state index >= 15 is 0 Å². The summed E-state index contributed by atoms with van der Waals surface area (Å²) >= 11 is 0. The summed E-state index contributed by atoms with van der Waals surface area (Å²) in [6.07, 6.45) is 5.97. The van der Waals surface area contributed by atoms with E-state index in [0.29, 0.717) is 6.04 Å². The minimum Gasteiger partial charge on any atom is -0.341 e. The van der Waals surface area contributed by atoms with Gasteiger partial charge in [0, 0.05) is 38.1 Å². The Labute approximate surface area is 126 Å². The lowest BCUT2D eigenvalue weighted by molar-refractivity contribution is 0.200. The molecule has 2 aromatic rings. The van der Waals surface area contributed by atoms with Crippen molar-refractivity contribution in [2.75, 3.05) is 25.0 Å². The summed E-state index contributed by atoms with van der Waals surface area (Å²) in [4.78, 5) is 13.4. The predicted octanol–water partition coefficient (Wildman–Crippen LogP) is 2.58. The van der Waals surface area contributed by atoms with Crippen LogP contribution in [-0.2, 0) is 6.54 Å². The molecule has 0 bridgehead atoms. The Morgan fingerprint density at radius 3 is 2.38 bits per heavy atom. The second kappa shape index (κ2) is 6.68. The van der Waals surface area contributed by atoms with Crippen LogP contribution in [0, 0.1) is 0 Å². The van der Waals surface area contributed by atoms with Crippen LogP contribution < -0.4 is 4.90 Å². The fourth-order valence-electron chi connectivity index (χ4n) is 2.96. The van der Waals surface area contributed by atoms with Crippen molar-refractivity contribution in [1.29, 1.82) is 0 Å². The summed E-state index contributed by atoms with van der Waals surface area (Å²) in [6.45, 7) is 3.09. The Hall–Kier alpha value is -1.94. The number of hydrogen-bond donors (Lipinski definition) is 0. The molecule has 0 amide bonds. The molecular formula is C17H22N4. The van der Waals surface area contributed by atoms with E-state index < -0.39 is 0 Å². The molecule has 3 rings (SSSR count). The van der Waals surface area contributed by atoms with E-state index in [9.17, 15) is 0 Å². The van der Waals surface area contributed by atoms with Crippen molar-refractivity contribution in [1.82, 2.24) is 14.9 Å². The first-order chi connectivity index (χ1) is 10.3. The van der Waals surface area contributed by atoms with Gasteiger partial charge >= 0.3 is 0 Å². The Morgan fingerprint density at radius 2 is 1.71 bits per heavy atom. The molecule has 1 saturated heterocycles. The molecule has 2 heterocycles. The van der Waals surface area contributed by atoms with Crippen molar-refractivity contribution in [3.8, 4) is 0 Å². The average molecular weight is 282 g/mol. The lowest BCUT2D eigenvalue weighted by atomic mass is 10.0. The second-order valence-electron chi connectivity index (χ2n) is 5.67. The molecule has 1 aliphatic rings. The molecule has 0 radical (unpaired) electrons. The van der Waals surface area contributed by atoms with Crippen LogP contribution in [0.25, 0.3) is 0 Å². The first kappa shape index (κ1) is 14.0. The van der Waals surface area contributed by atoms with Gasteiger partial charge in [-0.1, -0.05) is 30.3 Å². The maximum Gasteiger partial charge on any atom is 0.225 e. The average Bonchev–Trinajstić information content (AvgIpc) is 2.57. The largest absolute Gasteiger partial charge is 0.341 e. The SMILES string of the molecule is CN(Cc1ccccc1)C1CCN(c2ncccn2)CC1. The number of anilines is 1. The molecule has 0 atom stereocenters. The monoisotopic (exact) mass is 282 g/mol. The third-order valence-electron chi connectivity index (χ3n) is 4.20. The van der Waals surface area contributed by atoms with Gasteiger partial charge in [0.05, 0.1) is 0 Å². The molecule has 1 fully saturated rings. The lowest BCUT2D eigenvalue weighted by Crippen LogP contribution is -2.43. The smallest absolute Gasteiger partial charge is 0.225 e. The summed E-state index contributed by atoms with van der Waals surface area (Å²) in [7, 11) is 2.23. The van der Waals surface area contributed by atoms with E-state index in [1.807, 2.05) is 18.5 Å². The van der Waals surface area contributed by atoms with Crippen molar-refractivity contribution < 1.29 is 0 Å². The van der Waals surface area contributed by atoms with Crippen molar-refractivity contribution in [2.24, 2.45) is 0 Å². The molecule has 1 aliphatic heterocycles. The molecule has 0 saturated carbocycles. The zero-order chi connectivity index (χ0) is 14.5. The van der Waals surface area contributed by atoms with Gasteiger partial charge in [-0.3, -0.25) is 4.90 Å². The zero-order valence-corrected chi connectivity index (χ0v) is 12.5. The van der Waals surface area contributed by atoms with Crippen molar-refractivity contribution in [2.45, 2.75) is 25.4 Å². The van der Waals surface area contributed by atoms with E-state index in [4.69, 9.17) is 0 Å². The van der Waals surface area contributed by atoms with Crippen LogP contribution in [0.4, 0.5) is 5.95 Å². The number of hydrogen-bond acceptors (Lipinski definition) is 4. The third kappa shape index (κ3) is 3.58. The van der Waals surface area contributed by atoms with Crippen LogP contribution in [0.15, 0.2) is 48.8 Å². The van der Waals surface area contributed by atoms with Crippen molar-refractivity contribution in [3.63, 3.8) is 0 Å². The topological polar surface area (TPSA) is 32.3 Å². The Kier molecular flexibility index (Phi) is 4.46. The highest BCUT2D eigenvalue weighted by Gasteiger charge is 2.23. The summed E-state index contributed by atoms with van der Waals surface area (Å²) in [5, 5.41) is 0. The minimum atomic E-state index is 0.644. The Morgan fingerprint density at radius 1 is 1.05 bits per heavy atom. The summed E-state index contributed by atoms with van der Waals surface area (Å²) in [5.74, 6) is 0.863. The molecule has 1 aromatic carbocycles. The number of piperidine rings is 1. The van der Waals surface area contributed by atoms with Gasteiger partial charge in [0.15, 0.2) is 0 Å². The molecular weight excluding hydrogens is 260 g/mol. The van der Waals surface area contributed by atoms with E-state index in [2.05, 4.69) is 57.1 Å². The van der Waals surface area contributed by atoms with Gasteiger partial charge in [0.1, 0.15) is 0 Å². The molecule has 21 heavy (non-hydrogen) atoms. The maximum atomic E-state index is 4.34. The number of nitrogens with zero attached hydrogens (tertiary/aromatic N) is 4. The van der Waals surface area contributed by atoms with Gasteiger partial charge in [0.25, 0.3) is 0 Å². The molecule has 0 spiro atoms. The quantitative estimate of drug-likeness (QED) is 0.863. The second-order valence-corrected chi connectivity index (χ2v) is 5.67. The molecule has 0 N–H and O–H groups in total. The Balaban J connectivity index is 1.53. The van der Waals surface area contributed by atoms with Gasteiger partial charge < -0.3 is 4.90 Å². The van der Waals surface area contributed by atoms with Gasteiger partial charge in [0.2, 0.25) is 5.95 Å². The van der Waals surface area contributed by atoms with E-state index in [1.165, 1.54) is 18.4 Å². The highest BCUT2D eigenvalue weighted by atomic mass is 15.3. The van der Waals surface area contributed by atoms with Crippen LogP contribution in [0.3, 0.4) is 0 Å². The molecule has 110 valence electrons. The first-order valence-electron chi connectivity index (χ1n) is 7.59. The fraction of sp³-hybridized carbons (Fsp3) is 0.412. The van der Waals surface area contributed by atoms with Gasteiger partial charge in [-0.25, -0.2) is 9.97 Å². The molecule has 4 nitrogen and oxygen atoms in total. The minimum absolute atomic E-state index is 0.644. The van der Waals surface area contributed by atoms with E-state index in [1.54, 1.807) is 0 Å². The molecule has 0 aliphatic carbocycles. The standard InChI is InChI=1S/C17H22N4/c1-20(14-15-6-3-2-4-7-15)16-8-12-21(13-9-16)17-18-10-5-11-19-17/h2-7,10-11,16H,8-9,12-14H2,1H3. The van der Waals surface area contributed by atoms with Crippen molar-refractivity contribution in [3.05, 3.63) is 54.4 Å². The van der Waals surface area contributed by atoms with Gasteiger partial charge in [-0.15, -0.1) is 0 Å². The van der Waals surface area contributed by atoms with Gasteiger partial charge in [-0.05, 0) is 31.5 Å². The van der Waals surface area contributed by atoms with Crippen LogP contribution in [0.2, 0.25) is 0 Å². The highest BCUT2D eigenvalue weighted by molar-refractivity contribution is 5.29. The van der Waals surface area contributed by atoms with Crippen LogP contribution >= 0.6 is 0 Å². The highest BCUT2D eigenvalue weighted by Crippen LogP contribution is 2.20. The lowest BCUT2D eigenvalue weighted by Gasteiger charge is -2.36. The number of rotatable bonds is 4. The normalized spacial score (nSPS) is 16.4. The molecule has 0 unspecified atom stereocenters. The van der Waals surface area contributed by atoms with Crippen LogP contribution in [0.1, 0.15) is 18.4 Å².